The molecule has 376 valence electrons. The summed E-state index contributed by atoms with van der Waals surface area (Å²) in [4.78, 5) is 25.0. The Hall–Kier alpha value is -1.86. The Balaban J connectivity index is 2.13. The summed E-state index contributed by atoms with van der Waals surface area (Å²) in [6.07, 6.45) is 39.8. The molecule has 11 nitrogen and oxygen atoms in total. The molecule has 1 fully saturated rings. The number of carbonyl (C=O) groups excluding carboxylic acids is 2. The number of hydrogen-bond donors (Lipinski definition) is 6. The molecule has 1 aliphatic heterocycles. The third-order valence-electron chi connectivity index (χ3n) is 12.6. The van der Waals surface area contributed by atoms with Crippen LogP contribution in [0.3, 0.4) is 0 Å². The van der Waals surface area contributed by atoms with Gasteiger partial charge in [-0.1, -0.05) is 205 Å². The largest absolute Gasteiger partial charge is 0.466 e. The fraction of sp³-hybridized carbons (Fsp3) is 0.887. The first-order valence-electron chi connectivity index (χ1n) is 26.6. The number of esters is 1. The Morgan fingerprint density at radius 2 is 1.02 bits per heavy atom. The van der Waals surface area contributed by atoms with Gasteiger partial charge in [0.1, 0.15) is 24.4 Å². The molecular formula is C53H99NO10. The van der Waals surface area contributed by atoms with Crippen molar-refractivity contribution in [2.24, 2.45) is 0 Å². The Bertz CT molecular complexity index is 1120. The van der Waals surface area contributed by atoms with Crippen molar-refractivity contribution in [2.75, 3.05) is 19.8 Å². The molecule has 7 atom stereocenters. The number of aliphatic hydroxyl groups is 5. The number of hydrogen-bond acceptors (Lipinski definition) is 10. The van der Waals surface area contributed by atoms with E-state index < -0.39 is 49.5 Å². The summed E-state index contributed by atoms with van der Waals surface area (Å²) >= 11 is 0. The van der Waals surface area contributed by atoms with E-state index in [2.05, 4.69) is 31.3 Å². The average Bonchev–Trinajstić information content (AvgIpc) is 3.29. The van der Waals surface area contributed by atoms with Crippen molar-refractivity contribution in [3.05, 3.63) is 24.3 Å². The molecular weight excluding hydrogens is 811 g/mol. The van der Waals surface area contributed by atoms with Crippen LogP contribution in [0.5, 0.6) is 0 Å². The van der Waals surface area contributed by atoms with Gasteiger partial charge in [-0.05, 0) is 44.9 Å². The number of ether oxygens (including phenoxy) is 3. The van der Waals surface area contributed by atoms with Crippen LogP contribution in [0.4, 0.5) is 0 Å². The van der Waals surface area contributed by atoms with E-state index in [-0.39, 0.29) is 18.5 Å². The van der Waals surface area contributed by atoms with Crippen LogP contribution >= 0.6 is 0 Å². The van der Waals surface area contributed by atoms with E-state index >= 15 is 0 Å². The van der Waals surface area contributed by atoms with Crippen LogP contribution < -0.4 is 5.32 Å². The zero-order chi connectivity index (χ0) is 46.7. The van der Waals surface area contributed by atoms with E-state index in [1.54, 1.807) is 6.08 Å². The molecule has 64 heavy (non-hydrogen) atoms. The zero-order valence-electron chi connectivity index (χ0n) is 41.0. The van der Waals surface area contributed by atoms with Gasteiger partial charge in [-0.2, -0.15) is 0 Å². The minimum atomic E-state index is -1.58. The quantitative estimate of drug-likeness (QED) is 0.0196. The number of aliphatic hydroxyl groups excluding tert-OH is 5. The molecule has 11 heteroatoms. The van der Waals surface area contributed by atoms with E-state index in [9.17, 15) is 35.1 Å². The molecule has 1 saturated heterocycles. The van der Waals surface area contributed by atoms with Gasteiger partial charge >= 0.3 is 5.97 Å². The third kappa shape index (κ3) is 33.6. The highest BCUT2D eigenvalue weighted by Crippen LogP contribution is 2.23. The predicted molar refractivity (Wildman–Crippen MR) is 260 cm³/mol. The average molecular weight is 910 g/mol. The second-order valence-corrected chi connectivity index (χ2v) is 18.6. The van der Waals surface area contributed by atoms with E-state index in [4.69, 9.17) is 14.2 Å². The van der Waals surface area contributed by atoms with Gasteiger partial charge in [-0.3, -0.25) is 9.59 Å². The number of allylic oxidation sites excluding steroid dienone is 3. The van der Waals surface area contributed by atoms with Crippen LogP contribution in [0, 0.1) is 0 Å². The van der Waals surface area contributed by atoms with Gasteiger partial charge in [0.25, 0.3) is 0 Å². The summed E-state index contributed by atoms with van der Waals surface area (Å²) in [5.41, 5.74) is 0. The Morgan fingerprint density at radius 1 is 0.562 bits per heavy atom. The van der Waals surface area contributed by atoms with Crippen LogP contribution in [0.25, 0.3) is 0 Å². The normalized spacial score (nSPS) is 20.0. The molecule has 0 aromatic heterocycles. The fourth-order valence-corrected chi connectivity index (χ4v) is 8.27. The lowest BCUT2D eigenvalue weighted by Crippen LogP contribution is -2.60. The highest BCUT2D eigenvalue weighted by molar-refractivity contribution is 5.76. The molecule has 7 unspecified atom stereocenters. The predicted octanol–water partition coefficient (Wildman–Crippen LogP) is 11.0. The molecule has 1 amide bonds. The molecule has 1 heterocycles. The maximum Gasteiger partial charge on any atom is 0.305 e. The van der Waals surface area contributed by atoms with E-state index in [1.165, 1.54) is 141 Å². The summed E-state index contributed by atoms with van der Waals surface area (Å²) in [7, 11) is 0. The first kappa shape index (κ1) is 60.2. The van der Waals surface area contributed by atoms with Crippen molar-refractivity contribution >= 4 is 11.9 Å². The topological polar surface area (TPSA) is 175 Å². The standard InChI is InChI=1S/C53H99NO10/c1-3-5-7-9-11-13-20-25-29-33-37-41-49(58)62-42-38-34-30-26-22-19-17-15-16-18-21-24-28-32-36-40-48(57)54-45(44-63-53-52(61)51(60)50(59)47(43-55)64-53)46(56)39-35-31-27-23-14-12-10-8-6-4-2/h14,23,35,39,45-47,50-53,55-56,59-61H,3-13,15-22,24-34,36-38,40-44H2,1-2H3,(H,54,57)/b23-14+,39-35+. The van der Waals surface area contributed by atoms with Crippen LogP contribution in [-0.4, -0.2) is 100 Å². The zero-order valence-corrected chi connectivity index (χ0v) is 41.0. The molecule has 0 spiro atoms. The van der Waals surface area contributed by atoms with Gasteiger partial charge in [0.05, 0.1) is 32.0 Å². The first-order chi connectivity index (χ1) is 31.2. The lowest BCUT2D eigenvalue weighted by atomic mass is 9.99. The number of nitrogens with one attached hydrogen (secondary N) is 1. The SMILES string of the molecule is CCCCCC/C=C/CC/C=C/C(O)C(COC1OC(CO)C(O)C(O)C1O)NC(=O)CCCCCCCCCCCCCCCCCOC(=O)CCCCCCCCCCCCC. The van der Waals surface area contributed by atoms with Gasteiger partial charge in [0, 0.05) is 12.8 Å². The van der Waals surface area contributed by atoms with Crippen LogP contribution in [0.1, 0.15) is 239 Å². The molecule has 0 radical (unpaired) electrons. The summed E-state index contributed by atoms with van der Waals surface area (Å²) in [5, 5.41) is 54.1. The lowest BCUT2D eigenvalue weighted by molar-refractivity contribution is -0.302. The van der Waals surface area contributed by atoms with Crippen LogP contribution in [0.2, 0.25) is 0 Å². The van der Waals surface area contributed by atoms with Gasteiger partial charge in [-0.15, -0.1) is 0 Å². The van der Waals surface area contributed by atoms with Crippen molar-refractivity contribution < 1.29 is 49.3 Å². The maximum atomic E-state index is 13.0. The molecule has 0 aromatic carbocycles. The number of rotatable bonds is 45. The van der Waals surface area contributed by atoms with Gasteiger partial charge < -0.3 is 45.1 Å². The number of amides is 1. The smallest absolute Gasteiger partial charge is 0.305 e. The molecule has 1 rings (SSSR count). The molecule has 0 aliphatic carbocycles. The van der Waals surface area contributed by atoms with E-state index in [0.717, 1.165) is 70.6 Å². The number of unbranched alkanes of at least 4 members (excludes halogenated alkanes) is 29. The monoisotopic (exact) mass is 910 g/mol. The van der Waals surface area contributed by atoms with Gasteiger partial charge in [-0.25, -0.2) is 0 Å². The minimum absolute atomic E-state index is 0.0202. The summed E-state index contributed by atoms with van der Waals surface area (Å²) < 4.78 is 16.6. The highest BCUT2D eigenvalue weighted by Gasteiger charge is 2.44. The Labute approximate surface area is 391 Å². The summed E-state index contributed by atoms with van der Waals surface area (Å²) in [5.74, 6) is -0.222. The molecule has 0 aromatic rings. The van der Waals surface area contributed by atoms with Crippen molar-refractivity contribution in [3.8, 4) is 0 Å². The second-order valence-electron chi connectivity index (χ2n) is 18.6. The Kier molecular flexibility index (Phi) is 41.1. The summed E-state index contributed by atoms with van der Waals surface area (Å²) in [6, 6.07) is -0.832. The van der Waals surface area contributed by atoms with Gasteiger partial charge in [0.2, 0.25) is 5.91 Å². The van der Waals surface area contributed by atoms with Crippen LogP contribution in [-0.2, 0) is 23.8 Å². The molecule has 6 N–H and O–H groups in total. The molecule has 1 aliphatic rings. The summed E-state index contributed by atoms with van der Waals surface area (Å²) in [6.45, 7) is 4.25. The first-order valence-corrected chi connectivity index (χ1v) is 26.6. The van der Waals surface area contributed by atoms with Crippen molar-refractivity contribution in [1.82, 2.24) is 5.32 Å². The molecule has 0 bridgehead atoms. The fourth-order valence-electron chi connectivity index (χ4n) is 8.27. The Morgan fingerprint density at radius 3 is 1.55 bits per heavy atom. The molecule has 0 saturated carbocycles. The van der Waals surface area contributed by atoms with E-state index in [1.807, 2.05) is 6.08 Å². The third-order valence-corrected chi connectivity index (χ3v) is 12.6. The lowest BCUT2D eigenvalue weighted by Gasteiger charge is -2.40. The number of carbonyl (C=O) groups is 2. The maximum absolute atomic E-state index is 13.0. The van der Waals surface area contributed by atoms with Crippen molar-refractivity contribution in [3.63, 3.8) is 0 Å². The second kappa shape index (κ2) is 43.7. The van der Waals surface area contributed by atoms with Crippen molar-refractivity contribution in [1.29, 1.82) is 0 Å². The van der Waals surface area contributed by atoms with E-state index in [0.29, 0.717) is 19.4 Å². The van der Waals surface area contributed by atoms with Crippen molar-refractivity contribution in [2.45, 2.75) is 281 Å². The highest BCUT2D eigenvalue weighted by atomic mass is 16.7. The van der Waals surface area contributed by atoms with Crippen LogP contribution in [0.15, 0.2) is 24.3 Å². The van der Waals surface area contributed by atoms with Gasteiger partial charge in [0.15, 0.2) is 6.29 Å². The minimum Gasteiger partial charge on any atom is -0.466 e.